The lowest BCUT2D eigenvalue weighted by molar-refractivity contribution is 0.0955. The van der Waals surface area contributed by atoms with Crippen molar-refractivity contribution in [2.24, 2.45) is 5.10 Å². The van der Waals surface area contributed by atoms with Crippen molar-refractivity contribution in [1.82, 2.24) is 5.43 Å². The standard InChI is InChI=1S/C21H17ClN2O/c1-15(16-11-13-20(22)14-12-16)23-24-21(25)19-9-7-18(8-10-19)17-5-3-2-4-6-17/h2-14H,1H3,(H,24,25)/b23-15+. The number of carbonyl (C=O) groups is 1. The summed E-state index contributed by atoms with van der Waals surface area (Å²) in [5, 5.41) is 4.82. The molecule has 124 valence electrons. The fraction of sp³-hybridized carbons (Fsp3) is 0.0476. The number of nitrogens with zero attached hydrogens (tertiary/aromatic N) is 1. The highest BCUT2D eigenvalue weighted by atomic mass is 35.5. The number of hydrazone groups is 1. The molecule has 0 aliphatic heterocycles. The quantitative estimate of drug-likeness (QED) is 0.513. The maximum atomic E-state index is 12.2. The number of halogens is 1. The molecule has 3 aromatic carbocycles. The van der Waals surface area contributed by atoms with Gasteiger partial charge in [-0.15, -0.1) is 0 Å². The molecule has 25 heavy (non-hydrogen) atoms. The summed E-state index contributed by atoms with van der Waals surface area (Å²) in [5.41, 5.74) is 6.95. The van der Waals surface area contributed by atoms with Gasteiger partial charge in [0.05, 0.1) is 5.71 Å². The molecule has 3 nitrogen and oxygen atoms in total. The number of carbonyl (C=O) groups excluding carboxylic acids is 1. The summed E-state index contributed by atoms with van der Waals surface area (Å²) in [7, 11) is 0. The third-order valence-electron chi connectivity index (χ3n) is 3.84. The van der Waals surface area contributed by atoms with Crippen LogP contribution < -0.4 is 5.43 Å². The van der Waals surface area contributed by atoms with Crippen molar-refractivity contribution >= 4 is 23.2 Å². The maximum Gasteiger partial charge on any atom is 0.271 e. The molecular formula is C21H17ClN2O. The minimum Gasteiger partial charge on any atom is -0.267 e. The van der Waals surface area contributed by atoms with E-state index in [-0.39, 0.29) is 5.91 Å². The van der Waals surface area contributed by atoms with Crippen LogP contribution in [0.15, 0.2) is 84.0 Å². The molecule has 0 heterocycles. The number of nitrogens with one attached hydrogen (secondary N) is 1. The molecule has 0 radical (unpaired) electrons. The van der Waals surface area contributed by atoms with Gasteiger partial charge in [0.15, 0.2) is 0 Å². The molecule has 0 saturated heterocycles. The van der Waals surface area contributed by atoms with Gasteiger partial charge in [-0.2, -0.15) is 5.10 Å². The van der Waals surface area contributed by atoms with Gasteiger partial charge in [-0.3, -0.25) is 4.79 Å². The monoisotopic (exact) mass is 348 g/mol. The predicted octanol–water partition coefficient (Wildman–Crippen LogP) is 5.16. The summed E-state index contributed by atoms with van der Waals surface area (Å²) in [6.07, 6.45) is 0. The Kier molecular flexibility index (Phi) is 5.26. The van der Waals surface area contributed by atoms with Crippen LogP contribution in [-0.4, -0.2) is 11.6 Å². The lowest BCUT2D eigenvalue weighted by atomic mass is 10.0. The average molecular weight is 349 g/mol. The maximum absolute atomic E-state index is 12.2. The molecule has 0 aliphatic rings. The highest BCUT2D eigenvalue weighted by Gasteiger charge is 2.06. The molecule has 0 unspecified atom stereocenters. The van der Waals surface area contributed by atoms with Gasteiger partial charge in [-0.05, 0) is 47.9 Å². The van der Waals surface area contributed by atoms with Gasteiger partial charge in [0.1, 0.15) is 0 Å². The third-order valence-corrected chi connectivity index (χ3v) is 4.09. The van der Waals surface area contributed by atoms with E-state index < -0.39 is 0 Å². The highest BCUT2D eigenvalue weighted by Crippen LogP contribution is 2.19. The summed E-state index contributed by atoms with van der Waals surface area (Å²) in [6.45, 7) is 1.84. The minimum atomic E-state index is -0.243. The topological polar surface area (TPSA) is 41.5 Å². The lowest BCUT2D eigenvalue weighted by Gasteiger charge is -2.05. The largest absolute Gasteiger partial charge is 0.271 e. The van der Waals surface area contributed by atoms with E-state index >= 15 is 0 Å². The summed E-state index contributed by atoms with van der Waals surface area (Å²) in [6, 6.07) is 24.8. The van der Waals surface area contributed by atoms with Crippen LogP contribution in [0.3, 0.4) is 0 Å². The molecular weight excluding hydrogens is 332 g/mol. The van der Waals surface area contributed by atoms with Crippen molar-refractivity contribution in [3.05, 3.63) is 95.0 Å². The van der Waals surface area contributed by atoms with Gasteiger partial charge >= 0.3 is 0 Å². The summed E-state index contributed by atoms with van der Waals surface area (Å²) < 4.78 is 0. The van der Waals surface area contributed by atoms with Crippen LogP contribution in [0.5, 0.6) is 0 Å². The Balaban J connectivity index is 1.69. The van der Waals surface area contributed by atoms with E-state index in [1.54, 1.807) is 24.3 Å². The third kappa shape index (κ3) is 4.34. The first kappa shape index (κ1) is 16.9. The molecule has 0 spiro atoms. The van der Waals surface area contributed by atoms with Crippen LogP contribution in [-0.2, 0) is 0 Å². The molecule has 0 aliphatic carbocycles. The van der Waals surface area contributed by atoms with Gasteiger partial charge in [0.2, 0.25) is 0 Å². The molecule has 4 heteroatoms. The van der Waals surface area contributed by atoms with Crippen LogP contribution in [0.1, 0.15) is 22.8 Å². The molecule has 3 aromatic rings. The number of rotatable bonds is 4. The van der Waals surface area contributed by atoms with Crippen LogP contribution in [0, 0.1) is 0 Å². The van der Waals surface area contributed by atoms with Crippen molar-refractivity contribution in [2.75, 3.05) is 0 Å². The van der Waals surface area contributed by atoms with Gasteiger partial charge < -0.3 is 0 Å². The first-order valence-corrected chi connectivity index (χ1v) is 8.27. The second kappa shape index (κ2) is 7.77. The Morgan fingerprint density at radius 3 is 2.00 bits per heavy atom. The fourth-order valence-electron chi connectivity index (χ4n) is 2.40. The zero-order valence-corrected chi connectivity index (χ0v) is 14.5. The molecule has 0 fully saturated rings. The smallest absolute Gasteiger partial charge is 0.267 e. The number of amides is 1. The second-order valence-electron chi connectivity index (χ2n) is 5.59. The van der Waals surface area contributed by atoms with E-state index in [4.69, 9.17) is 11.6 Å². The van der Waals surface area contributed by atoms with Crippen molar-refractivity contribution in [2.45, 2.75) is 6.92 Å². The van der Waals surface area contributed by atoms with E-state index in [2.05, 4.69) is 10.5 Å². The highest BCUT2D eigenvalue weighted by molar-refractivity contribution is 6.30. The van der Waals surface area contributed by atoms with Crippen molar-refractivity contribution in [1.29, 1.82) is 0 Å². The van der Waals surface area contributed by atoms with E-state index in [0.717, 1.165) is 16.7 Å². The van der Waals surface area contributed by atoms with Crippen LogP contribution in [0.2, 0.25) is 5.02 Å². The van der Waals surface area contributed by atoms with Crippen LogP contribution in [0.4, 0.5) is 0 Å². The average Bonchev–Trinajstić information content (AvgIpc) is 2.67. The predicted molar refractivity (Wildman–Crippen MR) is 103 cm³/mol. The fourth-order valence-corrected chi connectivity index (χ4v) is 2.53. The van der Waals surface area contributed by atoms with Crippen molar-refractivity contribution < 1.29 is 4.79 Å². The lowest BCUT2D eigenvalue weighted by Crippen LogP contribution is -2.19. The van der Waals surface area contributed by atoms with Gasteiger partial charge in [0.25, 0.3) is 5.91 Å². The summed E-state index contributed by atoms with van der Waals surface area (Å²) in [4.78, 5) is 12.2. The van der Waals surface area contributed by atoms with Crippen molar-refractivity contribution in [3.8, 4) is 11.1 Å². The Morgan fingerprint density at radius 1 is 0.800 bits per heavy atom. The zero-order chi connectivity index (χ0) is 17.6. The first-order chi connectivity index (χ1) is 12.1. The van der Waals surface area contributed by atoms with Crippen LogP contribution >= 0.6 is 11.6 Å². The molecule has 0 aromatic heterocycles. The Hall–Kier alpha value is -2.91. The van der Waals surface area contributed by atoms with Gasteiger partial charge in [-0.25, -0.2) is 5.43 Å². The minimum absolute atomic E-state index is 0.243. The summed E-state index contributed by atoms with van der Waals surface area (Å²) >= 11 is 5.87. The number of benzene rings is 3. The normalized spacial score (nSPS) is 11.2. The summed E-state index contributed by atoms with van der Waals surface area (Å²) in [5.74, 6) is -0.243. The van der Waals surface area contributed by atoms with Crippen LogP contribution in [0.25, 0.3) is 11.1 Å². The molecule has 1 N–H and O–H groups in total. The number of hydrogen-bond donors (Lipinski definition) is 1. The van der Waals surface area contributed by atoms with Gasteiger partial charge in [-0.1, -0.05) is 66.2 Å². The molecule has 0 atom stereocenters. The molecule has 0 bridgehead atoms. The van der Waals surface area contributed by atoms with Gasteiger partial charge in [0, 0.05) is 10.6 Å². The Labute approximate surface area is 152 Å². The zero-order valence-electron chi connectivity index (χ0n) is 13.7. The second-order valence-corrected chi connectivity index (χ2v) is 6.02. The van der Waals surface area contributed by atoms with E-state index in [0.29, 0.717) is 16.3 Å². The Morgan fingerprint density at radius 2 is 1.36 bits per heavy atom. The SMILES string of the molecule is C/C(=N\NC(=O)c1ccc(-c2ccccc2)cc1)c1ccc(Cl)cc1. The molecule has 3 rings (SSSR count). The molecule has 0 saturated carbocycles. The molecule has 1 amide bonds. The Bertz CT molecular complexity index is 885. The van der Waals surface area contributed by atoms with E-state index in [1.807, 2.05) is 61.5 Å². The van der Waals surface area contributed by atoms with E-state index in [1.165, 1.54) is 0 Å². The van der Waals surface area contributed by atoms with E-state index in [9.17, 15) is 4.79 Å². The number of hydrogen-bond acceptors (Lipinski definition) is 2. The van der Waals surface area contributed by atoms with Crippen molar-refractivity contribution in [3.63, 3.8) is 0 Å². The first-order valence-electron chi connectivity index (χ1n) is 7.89.